The van der Waals surface area contributed by atoms with Crippen LogP contribution in [0.25, 0.3) is 22.4 Å². The fraction of sp³-hybridized carbons (Fsp3) is 0. The summed E-state index contributed by atoms with van der Waals surface area (Å²) in [7, 11) is 0. The van der Waals surface area contributed by atoms with Crippen LogP contribution in [0.5, 0.6) is 0 Å². The van der Waals surface area contributed by atoms with Crippen LogP contribution in [-0.4, -0.2) is 10.2 Å². The molecule has 0 amide bonds. The third-order valence-corrected chi connectivity index (χ3v) is 3.67. The number of hydrogen-bond acceptors (Lipinski definition) is 1. The van der Waals surface area contributed by atoms with E-state index in [1.165, 1.54) is 24.4 Å². The van der Waals surface area contributed by atoms with Crippen LogP contribution in [0.15, 0.2) is 42.6 Å². The highest BCUT2D eigenvalue weighted by Gasteiger charge is 2.16. The van der Waals surface area contributed by atoms with Gasteiger partial charge in [0.1, 0.15) is 11.6 Å². The topological polar surface area (TPSA) is 28.7 Å². The van der Waals surface area contributed by atoms with E-state index in [1.54, 1.807) is 18.2 Å². The van der Waals surface area contributed by atoms with E-state index < -0.39 is 11.6 Å². The number of hydrogen-bond donors (Lipinski definition) is 1. The van der Waals surface area contributed by atoms with Crippen LogP contribution in [0, 0.1) is 11.6 Å². The van der Waals surface area contributed by atoms with Gasteiger partial charge in [0.2, 0.25) is 0 Å². The maximum atomic E-state index is 14.1. The second-order valence-electron chi connectivity index (χ2n) is 4.39. The minimum absolute atomic E-state index is 0.0142. The van der Waals surface area contributed by atoms with Gasteiger partial charge in [0, 0.05) is 16.7 Å². The van der Waals surface area contributed by atoms with Crippen molar-refractivity contribution in [3.05, 3.63) is 64.3 Å². The van der Waals surface area contributed by atoms with Crippen LogP contribution in [-0.2, 0) is 0 Å². The first-order chi connectivity index (χ1) is 10.1. The molecule has 0 saturated heterocycles. The molecule has 0 atom stereocenters. The van der Waals surface area contributed by atoms with Crippen LogP contribution in [0.2, 0.25) is 10.0 Å². The van der Waals surface area contributed by atoms with Crippen molar-refractivity contribution in [3.8, 4) is 22.4 Å². The van der Waals surface area contributed by atoms with Gasteiger partial charge in [-0.05, 0) is 24.3 Å². The van der Waals surface area contributed by atoms with Crippen LogP contribution in [0.1, 0.15) is 0 Å². The second kappa shape index (κ2) is 5.47. The zero-order valence-corrected chi connectivity index (χ0v) is 12.0. The summed E-state index contributed by atoms with van der Waals surface area (Å²) in [5.74, 6) is -1.05. The Bertz CT molecular complexity index is 815. The van der Waals surface area contributed by atoms with E-state index in [2.05, 4.69) is 10.2 Å². The Labute approximate surface area is 129 Å². The molecule has 1 N–H and O–H groups in total. The molecule has 1 aromatic heterocycles. The molecule has 0 aliphatic heterocycles. The van der Waals surface area contributed by atoms with Crippen molar-refractivity contribution < 1.29 is 8.78 Å². The van der Waals surface area contributed by atoms with Gasteiger partial charge in [0.15, 0.2) is 0 Å². The Morgan fingerprint density at radius 1 is 0.952 bits per heavy atom. The molecule has 21 heavy (non-hydrogen) atoms. The normalized spacial score (nSPS) is 10.9. The molecule has 0 unspecified atom stereocenters. The smallest absolute Gasteiger partial charge is 0.149 e. The second-order valence-corrected chi connectivity index (χ2v) is 5.20. The highest BCUT2D eigenvalue weighted by atomic mass is 35.5. The number of rotatable bonds is 2. The molecule has 106 valence electrons. The summed E-state index contributed by atoms with van der Waals surface area (Å²) in [4.78, 5) is 0. The fourth-order valence-corrected chi connectivity index (χ4v) is 2.43. The van der Waals surface area contributed by atoms with Gasteiger partial charge in [-0.1, -0.05) is 35.3 Å². The molecule has 2 aromatic carbocycles. The predicted octanol–water partition coefficient (Wildman–Crippen LogP) is 5.33. The number of H-pyrrole nitrogens is 1. The van der Waals surface area contributed by atoms with Crippen molar-refractivity contribution in [2.75, 3.05) is 0 Å². The van der Waals surface area contributed by atoms with Gasteiger partial charge in [0.25, 0.3) is 0 Å². The van der Waals surface area contributed by atoms with Crippen molar-refractivity contribution in [1.82, 2.24) is 10.2 Å². The van der Waals surface area contributed by atoms with Gasteiger partial charge in [0.05, 0.1) is 21.9 Å². The SMILES string of the molecule is Fc1ccc(-c2[nH]ncc2-c2cccc(Cl)c2F)cc1Cl. The number of aromatic amines is 1. The maximum Gasteiger partial charge on any atom is 0.149 e. The van der Waals surface area contributed by atoms with Crippen molar-refractivity contribution in [3.63, 3.8) is 0 Å². The van der Waals surface area contributed by atoms with Gasteiger partial charge >= 0.3 is 0 Å². The molecule has 1 heterocycles. The minimum Gasteiger partial charge on any atom is -0.277 e. The third kappa shape index (κ3) is 2.52. The Morgan fingerprint density at radius 2 is 1.76 bits per heavy atom. The molecular formula is C15H8Cl2F2N2. The lowest BCUT2D eigenvalue weighted by Gasteiger charge is -2.06. The van der Waals surface area contributed by atoms with E-state index >= 15 is 0 Å². The summed E-state index contributed by atoms with van der Waals surface area (Å²) >= 11 is 11.6. The summed E-state index contributed by atoms with van der Waals surface area (Å²) in [6, 6.07) is 8.96. The molecule has 3 rings (SSSR count). The van der Waals surface area contributed by atoms with E-state index in [0.717, 1.165) is 0 Å². The average Bonchev–Trinajstić information content (AvgIpc) is 2.94. The maximum absolute atomic E-state index is 14.1. The van der Waals surface area contributed by atoms with Gasteiger partial charge in [-0.2, -0.15) is 5.10 Å². The highest BCUT2D eigenvalue weighted by Crippen LogP contribution is 2.35. The number of halogens is 4. The lowest BCUT2D eigenvalue weighted by atomic mass is 10.0. The van der Waals surface area contributed by atoms with Crippen molar-refractivity contribution in [2.24, 2.45) is 0 Å². The van der Waals surface area contributed by atoms with Gasteiger partial charge in [-0.3, -0.25) is 5.10 Å². The Kier molecular flexibility index (Phi) is 3.66. The van der Waals surface area contributed by atoms with Crippen molar-refractivity contribution in [1.29, 1.82) is 0 Å². The molecule has 0 bridgehead atoms. The lowest BCUT2D eigenvalue weighted by Crippen LogP contribution is -1.88. The predicted molar refractivity (Wildman–Crippen MR) is 79.4 cm³/mol. The molecule has 2 nitrogen and oxygen atoms in total. The molecule has 0 aliphatic carbocycles. The molecule has 0 spiro atoms. The number of nitrogens with one attached hydrogen (secondary N) is 1. The standard InChI is InChI=1S/C15H8Cl2F2N2/c16-11-3-1-2-9(14(11)19)10-7-20-21-15(10)8-4-5-13(18)12(17)6-8/h1-7H,(H,20,21). The fourth-order valence-electron chi connectivity index (χ4n) is 2.07. The van der Waals surface area contributed by atoms with Crippen molar-refractivity contribution >= 4 is 23.2 Å². The molecule has 0 saturated carbocycles. The van der Waals surface area contributed by atoms with E-state index in [4.69, 9.17) is 23.2 Å². The Balaban J connectivity index is 2.17. The van der Waals surface area contributed by atoms with Gasteiger partial charge < -0.3 is 0 Å². The summed E-state index contributed by atoms with van der Waals surface area (Å²) < 4.78 is 27.4. The van der Waals surface area contributed by atoms with Gasteiger partial charge in [-0.15, -0.1) is 0 Å². The highest BCUT2D eigenvalue weighted by molar-refractivity contribution is 6.31. The van der Waals surface area contributed by atoms with Crippen LogP contribution in [0.4, 0.5) is 8.78 Å². The number of nitrogens with zero attached hydrogens (tertiary/aromatic N) is 1. The third-order valence-electron chi connectivity index (χ3n) is 3.09. The first-order valence-electron chi connectivity index (χ1n) is 6.01. The van der Waals surface area contributed by atoms with Crippen LogP contribution in [0.3, 0.4) is 0 Å². The zero-order valence-electron chi connectivity index (χ0n) is 10.5. The van der Waals surface area contributed by atoms with Crippen molar-refractivity contribution in [2.45, 2.75) is 0 Å². The first-order valence-corrected chi connectivity index (χ1v) is 6.76. The summed E-state index contributed by atoms with van der Waals surface area (Å²) in [6.45, 7) is 0. The quantitative estimate of drug-likeness (QED) is 0.678. The molecule has 6 heteroatoms. The van der Waals surface area contributed by atoms with E-state index in [-0.39, 0.29) is 10.0 Å². The molecular weight excluding hydrogens is 317 g/mol. The average molecular weight is 325 g/mol. The lowest BCUT2D eigenvalue weighted by molar-refractivity contribution is 0.628. The summed E-state index contributed by atoms with van der Waals surface area (Å²) in [5, 5.41) is 6.71. The molecule has 0 aliphatic rings. The molecule has 0 fully saturated rings. The number of aromatic nitrogens is 2. The number of benzene rings is 2. The van der Waals surface area contributed by atoms with E-state index in [9.17, 15) is 8.78 Å². The first kappa shape index (κ1) is 14.0. The van der Waals surface area contributed by atoms with E-state index in [1.807, 2.05) is 0 Å². The van der Waals surface area contributed by atoms with E-state index in [0.29, 0.717) is 22.4 Å². The molecule has 0 radical (unpaired) electrons. The largest absolute Gasteiger partial charge is 0.277 e. The Hall–Kier alpha value is -1.91. The monoisotopic (exact) mass is 324 g/mol. The van der Waals surface area contributed by atoms with Crippen LogP contribution >= 0.6 is 23.2 Å². The van der Waals surface area contributed by atoms with Gasteiger partial charge in [-0.25, -0.2) is 8.78 Å². The zero-order chi connectivity index (χ0) is 15.0. The minimum atomic E-state index is -0.532. The van der Waals surface area contributed by atoms with Crippen LogP contribution < -0.4 is 0 Å². The summed E-state index contributed by atoms with van der Waals surface area (Å²) in [5.41, 5.74) is 1.98. The molecule has 3 aromatic rings. The summed E-state index contributed by atoms with van der Waals surface area (Å²) in [6.07, 6.45) is 1.49. The Morgan fingerprint density at radius 3 is 2.52 bits per heavy atom.